The van der Waals surface area contributed by atoms with Crippen molar-refractivity contribution in [2.75, 3.05) is 27.4 Å². The number of anilines is 8. The molecule has 0 fully saturated rings. The average molecular weight is 1020 g/mol. The van der Waals surface area contributed by atoms with Gasteiger partial charge in [-0.1, -0.05) is 11.1 Å². The molecule has 4 aromatic carbocycles. The zero-order chi connectivity index (χ0) is 46.6. The summed E-state index contributed by atoms with van der Waals surface area (Å²) in [5.41, 5.74) is 9.64. The first-order valence-corrected chi connectivity index (χ1v) is 22.6. The minimum absolute atomic E-state index is 0.0102. The molecule has 0 unspecified atom stereocenters. The van der Waals surface area contributed by atoms with Crippen LogP contribution in [0.25, 0.3) is 0 Å². The summed E-state index contributed by atoms with van der Waals surface area (Å²) in [4.78, 5) is 21.3. The molecule has 0 saturated heterocycles. The van der Waals surface area contributed by atoms with E-state index in [1.807, 2.05) is 0 Å². The summed E-state index contributed by atoms with van der Waals surface area (Å²) in [7, 11) is -14.7. The van der Waals surface area contributed by atoms with Gasteiger partial charge in [0.25, 0.3) is 30.4 Å². The van der Waals surface area contributed by atoms with E-state index < -0.39 is 73.5 Å². The van der Waals surface area contributed by atoms with Gasteiger partial charge in [0.05, 0.1) is 33.2 Å². The highest BCUT2D eigenvalue weighted by Gasteiger charge is 2.24. The normalized spacial score (nSPS) is 12.2. The lowest BCUT2D eigenvalue weighted by atomic mass is 10.2. The minimum atomic E-state index is -5.16. The number of nitrogens with zero attached hydrogens (tertiary/aromatic N) is 10. The van der Waals surface area contributed by atoms with E-state index in [1.54, 1.807) is 0 Å². The van der Waals surface area contributed by atoms with Crippen LogP contribution < -0.4 is 27.4 Å². The van der Waals surface area contributed by atoms with Gasteiger partial charge in [0.1, 0.15) is 32.5 Å². The zero-order valence-corrected chi connectivity index (χ0v) is 36.3. The molecule has 2 heterocycles. The number of halogens is 3. The van der Waals surface area contributed by atoms with Gasteiger partial charge in [-0.05, 0) is 95.5 Å². The molecular weight excluding hydrogens is 997 g/mol. The molecule has 64 heavy (non-hydrogen) atoms. The van der Waals surface area contributed by atoms with Crippen molar-refractivity contribution in [3.05, 3.63) is 82.6 Å². The molecule has 0 bridgehead atoms. The molecule has 34 heteroatoms. The number of rotatable bonds is 16. The second-order valence-corrected chi connectivity index (χ2v) is 17.8. The van der Waals surface area contributed by atoms with Crippen molar-refractivity contribution in [3.63, 3.8) is 0 Å². The summed E-state index contributed by atoms with van der Waals surface area (Å²) in [6.45, 7) is 0. The minimum Gasteiger partial charge on any atom is -0.396 e. The number of nitrogens with one attached hydrogen (secondary N) is 3. The second kappa shape index (κ2) is 19.4. The van der Waals surface area contributed by atoms with E-state index in [0.29, 0.717) is 18.1 Å². The molecule has 11 N–H and O–H groups in total. The Hall–Kier alpha value is -6.07. The standard InChI is InChI=1S/C30H22Cl3N15O12S4/c31-25-39-26(32)41-28(40-25)37-13-4-6-19(61-60-59-49)16(9-13)45-48-24-22(34)18(11-21(23(24)35)64(56,57)58)47-46-17-10-14(5-7-20(17)63(53,54)55)38-30-43-27(33)42-29(44-30)36-12-2-1-3-15(8-12)62(50,51)52/h1-11,49H,34-35H2,(H,50,51,52)(H,53,54,55)(H,56,57,58)(H,37,39,40,41)(H2,36,38,42,43,44). The fraction of sp³-hybridized carbons (Fsp3) is 0. The third-order valence-corrected chi connectivity index (χ3v) is 11.4. The van der Waals surface area contributed by atoms with Crippen LogP contribution in [0.2, 0.25) is 15.9 Å². The highest BCUT2D eigenvalue weighted by atomic mass is 35.5. The van der Waals surface area contributed by atoms with Crippen LogP contribution in [0.1, 0.15) is 0 Å². The fourth-order valence-corrected chi connectivity index (χ4v) is 7.63. The lowest BCUT2D eigenvalue weighted by molar-refractivity contribution is -0.432. The molecule has 2 aromatic heterocycles. The maximum atomic E-state index is 12.5. The molecule has 0 atom stereocenters. The quantitative estimate of drug-likeness (QED) is 0.0114. The third kappa shape index (κ3) is 12.1. The monoisotopic (exact) mass is 1020 g/mol. The maximum Gasteiger partial charge on any atom is 0.296 e. The van der Waals surface area contributed by atoms with E-state index in [4.69, 9.17) is 51.5 Å². The number of azo groups is 2. The lowest BCUT2D eigenvalue weighted by Crippen LogP contribution is -2.05. The van der Waals surface area contributed by atoms with E-state index >= 15 is 0 Å². The Morgan fingerprint density at radius 2 is 1.08 bits per heavy atom. The van der Waals surface area contributed by atoms with Gasteiger partial charge in [0, 0.05) is 17.1 Å². The van der Waals surface area contributed by atoms with Gasteiger partial charge in [-0.15, -0.1) is 24.8 Å². The lowest BCUT2D eigenvalue weighted by Gasteiger charge is -2.12. The van der Waals surface area contributed by atoms with Crippen LogP contribution in [-0.4, -0.2) is 74.1 Å². The maximum absolute atomic E-state index is 12.5. The molecule has 27 nitrogen and oxygen atoms in total. The molecule has 6 aromatic rings. The summed E-state index contributed by atoms with van der Waals surface area (Å²) < 4.78 is 107. The SMILES string of the molecule is Nc1c(N=Nc2cc(Nc3nc(Cl)nc(Nc4cccc(S(=O)(=O)O)c4)n3)ccc2S(=O)(=O)O)cc(S(=O)(=O)O)c(N)c1N=Nc1cc(Nc2nc(Cl)nc(Cl)n2)ccc1SOOO. The van der Waals surface area contributed by atoms with Crippen molar-refractivity contribution in [1.29, 1.82) is 0 Å². The zero-order valence-electron chi connectivity index (χ0n) is 30.8. The van der Waals surface area contributed by atoms with Crippen molar-refractivity contribution in [2.24, 2.45) is 20.5 Å². The van der Waals surface area contributed by atoms with E-state index in [2.05, 4.69) is 75.7 Å². The van der Waals surface area contributed by atoms with Crippen molar-refractivity contribution in [1.82, 2.24) is 29.9 Å². The number of hydrogen-bond donors (Lipinski definition) is 9. The van der Waals surface area contributed by atoms with Gasteiger partial charge in [-0.25, -0.2) is 5.26 Å². The van der Waals surface area contributed by atoms with Gasteiger partial charge in [-0.3, -0.25) is 13.7 Å². The second-order valence-electron chi connectivity index (χ2n) is 11.8. The number of nitrogen functional groups attached to an aromatic ring is 2. The molecule has 0 radical (unpaired) electrons. The number of nitrogens with two attached hydrogens (primary N) is 2. The van der Waals surface area contributed by atoms with Crippen LogP contribution in [0.5, 0.6) is 0 Å². The Morgan fingerprint density at radius 3 is 1.66 bits per heavy atom. The molecule has 0 spiro atoms. The summed E-state index contributed by atoms with van der Waals surface area (Å²) >= 11 is 18.2. The molecule has 334 valence electrons. The van der Waals surface area contributed by atoms with Crippen LogP contribution in [0.3, 0.4) is 0 Å². The topological polar surface area (TPSA) is 417 Å². The van der Waals surface area contributed by atoms with Gasteiger partial charge >= 0.3 is 0 Å². The predicted molar refractivity (Wildman–Crippen MR) is 228 cm³/mol. The predicted octanol–water partition coefficient (Wildman–Crippen LogP) is 7.41. The Balaban J connectivity index is 1.37. The van der Waals surface area contributed by atoms with Crippen molar-refractivity contribution in [2.45, 2.75) is 19.6 Å². The number of benzene rings is 4. The first kappa shape index (κ1) is 47.4. The summed E-state index contributed by atoms with van der Waals surface area (Å²) in [6.07, 6.45) is 0. The van der Waals surface area contributed by atoms with Crippen molar-refractivity contribution >= 4 is 146 Å². The molecule has 6 rings (SSSR count). The molecule has 0 amide bonds. The largest absolute Gasteiger partial charge is 0.396 e. The molecular formula is C30H22Cl3N15O12S4. The van der Waals surface area contributed by atoms with Crippen LogP contribution in [-0.2, 0) is 39.7 Å². The summed E-state index contributed by atoms with van der Waals surface area (Å²) in [5, 5.41) is 35.5. The van der Waals surface area contributed by atoms with E-state index in [-0.39, 0.29) is 61.3 Å². The molecule has 0 aliphatic rings. The van der Waals surface area contributed by atoms with Gasteiger partial charge in [0.15, 0.2) is 0 Å². The van der Waals surface area contributed by atoms with Crippen LogP contribution in [0.4, 0.5) is 69.0 Å². The van der Waals surface area contributed by atoms with Gasteiger partial charge < -0.3 is 27.4 Å². The first-order valence-electron chi connectivity index (χ1n) is 16.4. The van der Waals surface area contributed by atoms with Crippen LogP contribution >= 0.6 is 46.8 Å². The summed E-state index contributed by atoms with van der Waals surface area (Å²) in [6, 6.07) is 12.9. The Bertz CT molecular complexity index is 3190. The number of hydrogen-bond acceptors (Lipinski definition) is 25. The van der Waals surface area contributed by atoms with Crippen molar-refractivity contribution in [3.8, 4) is 0 Å². The van der Waals surface area contributed by atoms with E-state index in [1.165, 1.54) is 30.3 Å². The highest BCUT2D eigenvalue weighted by Crippen LogP contribution is 2.44. The Morgan fingerprint density at radius 1 is 0.562 bits per heavy atom. The molecule has 0 saturated carbocycles. The average Bonchev–Trinajstić information content (AvgIpc) is 3.18. The molecule has 0 aliphatic carbocycles. The van der Waals surface area contributed by atoms with Crippen molar-refractivity contribution < 1.29 is 53.5 Å². The van der Waals surface area contributed by atoms with Gasteiger partial charge in [-0.2, -0.15) is 55.2 Å². The van der Waals surface area contributed by atoms with Gasteiger partial charge in [0.2, 0.25) is 33.7 Å². The van der Waals surface area contributed by atoms with E-state index in [0.717, 1.165) is 30.3 Å². The summed E-state index contributed by atoms with van der Waals surface area (Å²) in [5.74, 6) is -0.565. The third-order valence-electron chi connectivity index (χ3n) is 7.56. The highest BCUT2D eigenvalue weighted by molar-refractivity contribution is 7.94. The Kier molecular flexibility index (Phi) is 14.3. The Labute approximate surface area is 377 Å². The van der Waals surface area contributed by atoms with Crippen LogP contribution in [0.15, 0.2) is 107 Å². The fourth-order valence-electron chi connectivity index (χ4n) is 4.93. The van der Waals surface area contributed by atoms with E-state index in [9.17, 15) is 38.9 Å². The first-order chi connectivity index (χ1) is 30.1. The number of aromatic nitrogens is 6. The smallest absolute Gasteiger partial charge is 0.296 e. The van der Waals surface area contributed by atoms with Crippen LogP contribution in [0, 0.1) is 0 Å². The molecule has 0 aliphatic heterocycles.